The number of nitrogens with two attached hydrogens (primary N) is 1. The Labute approximate surface area is 109 Å². The molecule has 3 nitrogen and oxygen atoms in total. The van der Waals surface area contributed by atoms with Gasteiger partial charge in [0, 0.05) is 18.2 Å². The van der Waals surface area contributed by atoms with Crippen LogP contribution in [0.2, 0.25) is 0 Å². The Bertz CT molecular complexity index is 441. The molecule has 1 aliphatic rings. The van der Waals surface area contributed by atoms with Gasteiger partial charge >= 0.3 is 0 Å². The van der Waals surface area contributed by atoms with Crippen molar-refractivity contribution in [3.8, 4) is 0 Å². The molecule has 1 amide bonds. The van der Waals surface area contributed by atoms with Gasteiger partial charge in [0.1, 0.15) is 0 Å². The number of hydrogen-bond donors (Lipinski definition) is 2. The third-order valence-corrected chi connectivity index (χ3v) is 3.63. The summed E-state index contributed by atoms with van der Waals surface area (Å²) in [6.07, 6.45) is 2.42. The summed E-state index contributed by atoms with van der Waals surface area (Å²) >= 11 is 0. The maximum atomic E-state index is 12.2. The molecule has 1 unspecified atom stereocenters. The fraction of sp³-hybridized carbons (Fsp3) is 0.533. The summed E-state index contributed by atoms with van der Waals surface area (Å²) in [5, 5.41) is 2.96. The van der Waals surface area contributed by atoms with Gasteiger partial charge in [-0.3, -0.25) is 4.79 Å². The van der Waals surface area contributed by atoms with Crippen molar-refractivity contribution < 1.29 is 4.79 Å². The molecule has 1 aromatic carbocycles. The topological polar surface area (TPSA) is 55.1 Å². The molecule has 0 aromatic heterocycles. The van der Waals surface area contributed by atoms with Gasteiger partial charge in [0.05, 0.1) is 0 Å². The minimum Gasteiger partial charge on any atom is -0.350 e. The van der Waals surface area contributed by atoms with E-state index in [9.17, 15) is 4.79 Å². The molecule has 18 heavy (non-hydrogen) atoms. The number of carbonyl (C=O) groups excluding carboxylic acids is 1. The Hall–Kier alpha value is -1.35. The van der Waals surface area contributed by atoms with Crippen LogP contribution < -0.4 is 11.1 Å². The van der Waals surface area contributed by atoms with Crippen LogP contribution in [0.5, 0.6) is 0 Å². The molecular weight excluding hydrogens is 224 g/mol. The van der Waals surface area contributed by atoms with Crippen LogP contribution in [0.15, 0.2) is 12.1 Å². The molecule has 98 valence electrons. The zero-order valence-electron chi connectivity index (χ0n) is 11.4. The van der Waals surface area contributed by atoms with E-state index in [4.69, 9.17) is 5.73 Å². The summed E-state index contributed by atoms with van der Waals surface area (Å²) in [5.74, 6) is 0.617. The molecule has 0 radical (unpaired) electrons. The average Bonchev–Trinajstić information content (AvgIpc) is 3.07. The minimum absolute atomic E-state index is 0.00102. The standard InChI is InChI=1S/C15H22N2O/c1-9-6-10(2)14(11(3)7-9)15(18)17-8-13(16)12-4-5-12/h6-7,12-13H,4-5,8,16H2,1-3H3,(H,17,18). The van der Waals surface area contributed by atoms with Crippen LogP contribution >= 0.6 is 0 Å². The summed E-state index contributed by atoms with van der Waals surface area (Å²) in [6, 6.07) is 4.20. The van der Waals surface area contributed by atoms with Crippen molar-refractivity contribution in [2.45, 2.75) is 39.7 Å². The predicted molar refractivity (Wildman–Crippen MR) is 73.7 cm³/mol. The third kappa shape index (κ3) is 2.91. The predicted octanol–water partition coefficient (Wildman–Crippen LogP) is 2.08. The van der Waals surface area contributed by atoms with E-state index in [-0.39, 0.29) is 11.9 Å². The monoisotopic (exact) mass is 246 g/mol. The van der Waals surface area contributed by atoms with E-state index in [2.05, 4.69) is 5.32 Å². The summed E-state index contributed by atoms with van der Waals surface area (Å²) in [4.78, 5) is 12.2. The first-order valence-corrected chi connectivity index (χ1v) is 6.60. The average molecular weight is 246 g/mol. The summed E-state index contributed by atoms with van der Waals surface area (Å²) in [6.45, 7) is 6.59. The molecule has 0 spiro atoms. The first-order chi connectivity index (χ1) is 8.49. The Morgan fingerprint density at radius 3 is 2.39 bits per heavy atom. The first-order valence-electron chi connectivity index (χ1n) is 6.60. The van der Waals surface area contributed by atoms with Gasteiger partial charge in [-0.2, -0.15) is 0 Å². The van der Waals surface area contributed by atoms with Crippen molar-refractivity contribution in [3.05, 3.63) is 34.4 Å². The van der Waals surface area contributed by atoms with Crippen LogP contribution in [-0.2, 0) is 0 Å². The van der Waals surface area contributed by atoms with Gasteiger partial charge < -0.3 is 11.1 Å². The minimum atomic E-state index is 0.00102. The van der Waals surface area contributed by atoms with Crippen molar-refractivity contribution in [2.24, 2.45) is 11.7 Å². The van der Waals surface area contributed by atoms with Crippen LogP contribution in [0, 0.1) is 26.7 Å². The molecule has 1 aliphatic carbocycles. The number of hydrogen-bond acceptors (Lipinski definition) is 2. The van der Waals surface area contributed by atoms with Crippen molar-refractivity contribution >= 4 is 5.91 Å². The van der Waals surface area contributed by atoms with Crippen molar-refractivity contribution in [1.82, 2.24) is 5.32 Å². The molecule has 0 bridgehead atoms. The number of aryl methyl sites for hydroxylation is 3. The molecule has 0 aliphatic heterocycles. The number of benzene rings is 1. The molecule has 0 saturated heterocycles. The normalized spacial score (nSPS) is 16.4. The number of carbonyl (C=O) groups is 1. The maximum Gasteiger partial charge on any atom is 0.251 e. The number of nitrogens with one attached hydrogen (secondary N) is 1. The van der Waals surface area contributed by atoms with Gasteiger partial charge in [-0.25, -0.2) is 0 Å². The molecule has 0 heterocycles. The maximum absolute atomic E-state index is 12.2. The number of amides is 1. The van der Waals surface area contributed by atoms with Crippen LogP contribution in [-0.4, -0.2) is 18.5 Å². The lowest BCUT2D eigenvalue weighted by Gasteiger charge is -2.14. The van der Waals surface area contributed by atoms with Crippen LogP contribution in [0.4, 0.5) is 0 Å². The third-order valence-electron chi connectivity index (χ3n) is 3.63. The lowest BCUT2D eigenvalue weighted by atomic mass is 9.99. The molecular formula is C15H22N2O. The molecule has 1 aromatic rings. The van der Waals surface area contributed by atoms with E-state index in [0.717, 1.165) is 16.7 Å². The first kappa shape index (κ1) is 13.1. The molecule has 2 rings (SSSR count). The Kier molecular flexibility index (Phi) is 3.71. The van der Waals surface area contributed by atoms with E-state index in [1.165, 1.54) is 18.4 Å². The Morgan fingerprint density at radius 1 is 1.33 bits per heavy atom. The highest BCUT2D eigenvalue weighted by Gasteiger charge is 2.28. The lowest BCUT2D eigenvalue weighted by molar-refractivity contribution is 0.0949. The van der Waals surface area contributed by atoms with Crippen molar-refractivity contribution in [3.63, 3.8) is 0 Å². The van der Waals surface area contributed by atoms with Gasteiger partial charge in [0.15, 0.2) is 0 Å². The molecule has 1 fully saturated rings. The summed E-state index contributed by atoms with van der Waals surface area (Å²) in [7, 11) is 0. The lowest BCUT2D eigenvalue weighted by Crippen LogP contribution is -2.39. The van der Waals surface area contributed by atoms with E-state index in [0.29, 0.717) is 12.5 Å². The van der Waals surface area contributed by atoms with E-state index in [1.54, 1.807) is 0 Å². The second kappa shape index (κ2) is 5.11. The van der Waals surface area contributed by atoms with Crippen LogP contribution in [0.1, 0.15) is 39.9 Å². The van der Waals surface area contributed by atoms with Crippen LogP contribution in [0.25, 0.3) is 0 Å². The van der Waals surface area contributed by atoms with E-state index >= 15 is 0 Å². The van der Waals surface area contributed by atoms with Crippen molar-refractivity contribution in [2.75, 3.05) is 6.54 Å². The summed E-state index contributed by atoms with van der Waals surface area (Å²) in [5.41, 5.74) is 10.0. The second-order valence-electron chi connectivity index (χ2n) is 5.49. The fourth-order valence-corrected chi connectivity index (χ4v) is 2.53. The smallest absolute Gasteiger partial charge is 0.251 e. The zero-order valence-corrected chi connectivity index (χ0v) is 11.4. The Balaban J connectivity index is 2.04. The highest BCUT2D eigenvalue weighted by Crippen LogP contribution is 2.31. The van der Waals surface area contributed by atoms with E-state index in [1.807, 2.05) is 32.9 Å². The van der Waals surface area contributed by atoms with Gasteiger partial charge in [-0.15, -0.1) is 0 Å². The SMILES string of the molecule is Cc1cc(C)c(C(=O)NCC(N)C2CC2)c(C)c1. The largest absolute Gasteiger partial charge is 0.350 e. The van der Waals surface area contributed by atoms with Crippen molar-refractivity contribution in [1.29, 1.82) is 0 Å². The van der Waals surface area contributed by atoms with Gasteiger partial charge in [0.2, 0.25) is 0 Å². The Morgan fingerprint density at radius 2 is 1.89 bits per heavy atom. The molecule has 3 heteroatoms. The van der Waals surface area contributed by atoms with Gasteiger partial charge in [0.25, 0.3) is 5.91 Å². The zero-order chi connectivity index (χ0) is 13.3. The molecule has 1 saturated carbocycles. The highest BCUT2D eigenvalue weighted by atomic mass is 16.1. The van der Waals surface area contributed by atoms with E-state index < -0.39 is 0 Å². The van der Waals surface area contributed by atoms with Gasteiger partial charge in [-0.05, 0) is 50.7 Å². The fourth-order valence-electron chi connectivity index (χ4n) is 2.53. The molecule has 3 N–H and O–H groups in total. The van der Waals surface area contributed by atoms with Gasteiger partial charge in [-0.1, -0.05) is 17.7 Å². The molecule has 1 atom stereocenters. The quantitative estimate of drug-likeness (QED) is 0.854. The highest BCUT2D eigenvalue weighted by molar-refractivity contribution is 5.97. The second-order valence-corrected chi connectivity index (χ2v) is 5.49. The number of rotatable bonds is 4. The summed E-state index contributed by atoms with van der Waals surface area (Å²) < 4.78 is 0. The van der Waals surface area contributed by atoms with Crippen LogP contribution in [0.3, 0.4) is 0 Å².